The molecule has 0 fully saturated rings. The van der Waals surface area contributed by atoms with Crippen LogP contribution < -0.4 is 4.74 Å². The van der Waals surface area contributed by atoms with E-state index >= 15 is 0 Å². The van der Waals surface area contributed by atoms with Crippen molar-refractivity contribution in [1.82, 2.24) is 0 Å². The highest BCUT2D eigenvalue weighted by molar-refractivity contribution is 5.72. The van der Waals surface area contributed by atoms with Gasteiger partial charge in [-0.3, -0.25) is 0 Å². The van der Waals surface area contributed by atoms with Crippen molar-refractivity contribution in [2.45, 2.75) is 32.3 Å². The summed E-state index contributed by atoms with van der Waals surface area (Å²) in [6, 6.07) is 7.48. The van der Waals surface area contributed by atoms with Crippen molar-refractivity contribution in [2.24, 2.45) is 0 Å². The van der Waals surface area contributed by atoms with Gasteiger partial charge < -0.3 is 14.6 Å². The SMILES string of the molecule is COCC(Oc1cccc(C(C)(C)C)c1)C(=O)O. The van der Waals surface area contributed by atoms with E-state index < -0.39 is 12.1 Å². The van der Waals surface area contributed by atoms with Gasteiger partial charge in [0.05, 0.1) is 6.61 Å². The second-order valence-corrected chi connectivity index (χ2v) is 5.18. The molecule has 0 heterocycles. The van der Waals surface area contributed by atoms with E-state index in [1.165, 1.54) is 7.11 Å². The minimum Gasteiger partial charge on any atom is -0.478 e. The lowest BCUT2D eigenvalue weighted by Gasteiger charge is -2.21. The van der Waals surface area contributed by atoms with Crippen LogP contribution in [0.25, 0.3) is 0 Å². The number of hydrogen-bond acceptors (Lipinski definition) is 3. The van der Waals surface area contributed by atoms with Gasteiger partial charge in [-0.15, -0.1) is 0 Å². The zero-order chi connectivity index (χ0) is 13.8. The van der Waals surface area contributed by atoms with Gasteiger partial charge in [-0.1, -0.05) is 32.9 Å². The number of carboxylic acid groups (broad SMARTS) is 1. The fourth-order valence-electron chi connectivity index (χ4n) is 1.51. The predicted molar refractivity (Wildman–Crippen MR) is 69.1 cm³/mol. The van der Waals surface area contributed by atoms with Gasteiger partial charge in [0, 0.05) is 7.11 Å². The number of hydrogen-bond donors (Lipinski definition) is 1. The second-order valence-electron chi connectivity index (χ2n) is 5.18. The van der Waals surface area contributed by atoms with Crippen molar-refractivity contribution in [1.29, 1.82) is 0 Å². The Hall–Kier alpha value is -1.55. The molecule has 0 aliphatic heterocycles. The maximum Gasteiger partial charge on any atom is 0.347 e. The third-order valence-electron chi connectivity index (χ3n) is 2.57. The number of carbonyl (C=O) groups is 1. The number of methoxy groups -OCH3 is 1. The van der Waals surface area contributed by atoms with Crippen LogP contribution in [0.15, 0.2) is 24.3 Å². The average Bonchev–Trinajstić information content (AvgIpc) is 2.27. The van der Waals surface area contributed by atoms with Crippen LogP contribution >= 0.6 is 0 Å². The second kappa shape index (κ2) is 5.87. The molecule has 1 aromatic carbocycles. The molecule has 18 heavy (non-hydrogen) atoms. The maximum absolute atomic E-state index is 11.0. The smallest absolute Gasteiger partial charge is 0.347 e. The molecule has 0 saturated carbocycles. The number of benzene rings is 1. The Morgan fingerprint density at radius 1 is 1.39 bits per heavy atom. The van der Waals surface area contributed by atoms with Crippen molar-refractivity contribution in [3.05, 3.63) is 29.8 Å². The van der Waals surface area contributed by atoms with Crippen molar-refractivity contribution in [3.63, 3.8) is 0 Å². The number of carboxylic acids is 1. The van der Waals surface area contributed by atoms with E-state index in [9.17, 15) is 4.79 Å². The molecule has 0 aromatic heterocycles. The standard InChI is InChI=1S/C14H20O4/c1-14(2,3)10-6-5-7-11(8-10)18-12(9-17-4)13(15)16/h5-8,12H,9H2,1-4H3,(H,15,16). The molecule has 0 aliphatic rings. The van der Waals surface area contributed by atoms with Crippen LogP contribution in [0.5, 0.6) is 5.75 Å². The number of aliphatic carboxylic acids is 1. The highest BCUT2D eigenvalue weighted by Crippen LogP contribution is 2.26. The molecule has 0 saturated heterocycles. The lowest BCUT2D eigenvalue weighted by atomic mass is 9.87. The normalized spacial score (nSPS) is 13.1. The molecular formula is C14H20O4. The van der Waals surface area contributed by atoms with E-state index in [4.69, 9.17) is 14.6 Å². The predicted octanol–water partition coefficient (Wildman–Crippen LogP) is 2.46. The van der Waals surface area contributed by atoms with Crippen LogP contribution in [0.2, 0.25) is 0 Å². The molecular weight excluding hydrogens is 232 g/mol. The zero-order valence-corrected chi connectivity index (χ0v) is 11.3. The van der Waals surface area contributed by atoms with E-state index in [-0.39, 0.29) is 12.0 Å². The minimum absolute atomic E-state index is 0.000648. The lowest BCUT2D eigenvalue weighted by molar-refractivity contribution is -0.147. The first kappa shape index (κ1) is 14.5. The Kier molecular flexibility index (Phi) is 4.73. The lowest BCUT2D eigenvalue weighted by Crippen LogP contribution is -2.31. The summed E-state index contributed by atoms with van der Waals surface area (Å²) in [5, 5.41) is 8.99. The highest BCUT2D eigenvalue weighted by atomic mass is 16.5. The van der Waals surface area contributed by atoms with E-state index in [2.05, 4.69) is 20.8 Å². The molecule has 4 heteroatoms. The molecule has 0 radical (unpaired) electrons. The Bertz CT molecular complexity index is 407. The molecule has 0 amide bonds. The van der Waals surface area contributed by atoms with E-state index in [1.807, 2.05) is 18.2 Å². The molecule has 1 atom stereocenters. The van der Waals surface area contributed by atoms with Crippen LogP contribution in [0.3, 0.4) is 0 Å². The summed E-state index contributed by atoms with van der Waals surface area (Å²) >= 11 is 0. The van der Waals surface area contributed by atoms with Gasteiger partial charge in [0.25, 0.3) is 0 Å². The van der Waals surface area contributed by atoms with E-state index in [1.54, 1.807) is 6.07 Å². The molecule has 4 nitrogen and oxygen atoms in total. The van der Waals surface area contributed by atoms with Gasteiger partial charge >= 0.3 is 5.97 Å². The first-order valence-corrected chi connectivity index (χ1v) is 5.83. The molecule has 0 bridgehead atoms. The maximum atomic E-state index is 11.0. The van der Waals surface area contributed by atoms with Crippen molar-refractivity contribution < 1.29 is 19.4 Å². The number of rotatable bonds is 5. The summed E-state index contributed by atoms with van der Waals surface area (Å²) in [7, 11) is 1.45. The third kappa shape index (κ3) is 4.04. The van der Waals surface area contributed by atoms with Crippen LogP contribution in [-0.2, 0) is 14.9 Å². The summed E-state index contributed by atoms with van der Waals surface area (Å²) < 4.78 is 10.3. The first-order chi connectivity index (χ1) is 8.34. The molecule has 1 unspecified atom stereocenters. The largest absolute Gasteiger partial charge is 0.478 e. The number of ether oxygens (including phenoxy) is 2. The highest BCUT2D eigenvalue weighted by Gasteiger charge is 2.20. The quantitative estimate of drug-likeness (QED) is 0.874. The molecule has 0 aliphatic carbocycles. The van der Waals surface area contributed by atoms with Crippen LogP contribution in [-0.4, -0.2) is 30.9 Å². The van der Waals surface area contributed by atoms with Crippen molar-refractivity contribution in [2.75, 3.05) is 13.7 Å². The van der Waals surface area contributed by atoms with Gasteiger partial charge in [-0.25, -0.2) is 4.79 Å². The minimum atomic E-state index is -1.03. The Labute approximate surface area is 108 Å². The molecule has 100 valence electrons. The fraction of sp³-hybridized carbons (Fsp3) is 0.500. The zero-order valence-electron chi connectivity index (χ0n) is 11.3. The van der Waals surface area contributed by atoms with Crippen molar-refractivity contribution in [3.8, 4) is 5.75 Å². The van der Waals surface area contributed by atoms with Crippen LogP contribution in [0.1, 0.15) is 26.3 Å². The fourth-order valence-corrected chi connectivity index (χ4v) is 1.51. The van der Waals surface area contributed by atoms with Gasteiger partial charge in [0.15, 0.2) is 0 Å². The topological polar surface area (TPSA) is 55.8 Å². The molecule has 1 N–H and O–H groups in total. The van der Waals surface area contributed by atoms with E-state index in [0.29, 0.717) is 5.75 Å². The summed E-state index contributed by atoms with van der Waals surface area (Å²) in [5.41, 5.74) is 1.10. The third-order valence-corrected chi connectivity index (χ3v) is 2.57. The Morgan fingerprint density at radius 3 is 2.56 bits per heavy atom. The Morgan fingerprint density at radius 2 is 2.06 bits per heavy atom. The summed E-state index contributed by atoms with van der Waals surface area (Å²) in [6.07, 6.45) is -0.981. The van der Waals surface area contributed by atoms with Gasteiger partial charge in [0.2, 0.25) is 6.10 Å². The van der Waals surface area contributed by atoms with Gasteiger partial charge in [-0.05, 0) is 23.1 Å². The summed E-state index contributed by atoms with van der Waals surface area (Å²) in [4.78, 5) is 11.0. The van der Waals surface area contributed by atoms with Crippen LogP contribution in [0, 0.1) is 0 Å². The van der Waals surface area contributed by atoms with E-state index in [0.717, 1.165) is 5.56 Å². The monoisotopic (exact) mass is 252 g/mol. The first-order valence-electron chi connectivity index (χ1n) is 5.83. The van der Waals surface area contributed by atoms with Crippen LogP contribution in [0.4, 0.5) is 0 Å². The van der Waals surface area contributed by atoms with Gasteiger partial charge in [0.1, 0.15) is 5.75 Å². The molecule has 0 spiro atoms. The summed E-state index contributed by atoms with van der Waals surface area (Å²) in [5.74, 6) is -0.482. The van der Waals surface area contributed by atoms with Crippen molar-refractivity contribution >= 4 is 5.97 Å². The molecule has 1 aromatic rings. The molecule has 1 rings (SSSR count). The summed E-state index contributed by atoms with van der Waals surface area (Å²) in [6.45, 7) is 6.30. The average molecular weight is 252 g/mol. The Balaban J connectivity index is 2.87. The van der Waals surface area contributed by atoms with Gasteiger partial charge in [-0.2, -0.15) is 0 Å².